The van der Waals surface area contributed by atoms with Crippen LogP contribution in [-0.2, 0) is 4.79 Å². The van der Waals surface area contributed by atoms with E-state index in [1.54, 1.807) is 44.4 Å². The van der Waals surface area contributed by atoms with Gasteiger partial charge in [0.1, 0.15) is 5.75 Å². The zero-order chi connectivity index (χ0) is 16.9. The van der Waals surface area contributed by atoms with E-state index in [4.69, 9.17) is 14.2 Å². The molecule has 2 aromatic rings. The number of ether oxygens (including phenoxy) is 3. The number of nitrogens with one attached hydrogen (secondary N) is 1. The number of aromatic nitrogens is 1. The molecule has 1 aliphatic rings. The third-order valence-electron chi connectivity index (χ3n) is 3.46. The minimum absolute atomic E-state index is 0.192. The van der Waals surface area contributed by atoms with Crippen molar-refractivity contribution in [3.05, 3.63) is 48.3 Å². The van der Waals surface area contributed by atoms with Crippen LogP contribution >= 0.6 is 0 Å². The number of hydrogen-bond acceptors (Lipinski definition) is 6. The monoisotopic (exact) mass is 327 g/mol. The molecule has 1 aromatic carbocycles. The highest BCUT2D eigenvalue weighted by atomic mass is 16.7. The van der Waals surface area contributed by atoms with Crippen molar-refractivity contribution in [1.82, 2.24) is 10.4 Å². The van der Waals surface area contributed by atoms with Crippen LogP contribution in [0.1, 0.15) is 19.4 Å². The number of amides is 1. The molecule has 24 heavy (non-hydrogen) atoms. The molecule has 0 fully saturated rings. The lowest BCUT2D eigenvalue weighted by Gasteiger charge is -2.13. The van der Waals surface area contributed by atoms with Gasteiger partial charge in [0.15, 0.2) is 17.6 Å². The Bertz CT molecular complexity index is 762. The summed E-state index contributed by atoms with van der Waals surface area (Å²) in [5, 5.41) is 4.08. The Kier molecular flexibility index (Phi) is 4.60. The number of carbonyl (C=O) groups is 1. The first-order valence-electron chi connectivity index (χ1n) is 7.44. The number of hydrazone groups is 1. The van der Waals surface area contributed by atoms with Gasteiger partial charge in [-0.15, -0.1) is 0 Å². The molecule has 7 heteroatoms. The van der Waals surface area contributed by atoms with Gasteiger partial charge < -0.3 is 14.2 Å². The number of nitrogens with zero attached hydrogens (tertiary/aromatic N) is 2. The van der Waals surface area contributed by atoms with Crippen molar-refractivity contribution >= 4 is 11.6 Å². The number of rotatable bonds is 5. The van der Waals surface area contributed by atoms with E-state index in [1.807, 2.05) is 12.1 Å². The Morgan fingerprint density at radius 3 is 2.79 bits per heavy atom. The molecule has 2 heterocycles. The molecule has 1 atom stereocenters. The van der Waals surface area contributed by atoms with Crippen molar-refractivity contribution in [2.75, 3.05) is 6.79 Å². The lowest BCUT2D eigenvalue weighted by molar-refractivity contribution is -0.127. The topological polar surface area (TPSA) is 82.0 Å². The Morgan fingerprint density at radius 1 is 1.25 bits per heavy atom. The van der Waals surface area contributed by atoms with Crippen LogP contribution < -0.4 is 19.6 Å². The fraction of sp³-hybridized carbons (Fsp3) is 0.235. The smallest absolute Gasteiger partial charge is 0.280 e. The van der Waals surface area contributed by atoms with Gasteiger partial charge in [-0.25, -0.2) is 5.43 Å². The van der Waals surface area contributed by atoms with Gasteiger partial charge >= 0.3 is 0 Å². The first kappa shape index (κ1) is 15.8. The quantitative estimate of drug-likeness (QED) is 0.672. The number of pyridine rings is 1. The van der Waals surface area contributed by atoms with Gasteiger partial charge in [-0.3, -0.25) is 9.78 Å². The van der Waals surface area contributed by atoms with Crippen molar-refractivity contribution < 1.29 is 19.0 Å². The van der Waals surface area contributed by atoms with E-state index in [0.29, 0.717) is 23.0 Å². The molecule has 7 nitrogen and oxygen atoms in total. The standard InChI is InChI=1S/C17H17N3O4/c1-11(13-5-7-18-8-6-13)19-20-17(21)12(2)24-14-3-4-15-16(9-14)23-10-22-15/h3-9,12H,10H2,1-2H3,(H,20,21)/b19-11-/t12-/m1/s1. The van der Waals surface area contributed by atoms with Gasteiger partial charge in [-0.1, -0.05) is 0 Å². The molecule has 0 bridgehead atoms. The van der Waals surface area contributed by atoms with Crippen LogP contribution in [0.2, 0.25) is 0 Å². The highest BCUT2D eigenvalue weighted by molar-refractivity contribution is 5.99. The molecular weight excluding hydrogens is 310 g/mol. The van der Waals surface area contributed by atoms with E-state index in [-0.39, 0.29) is 12.7 Å². The van der Waals surface area contributed by atoms with Crippen molar-refractivity contribution in [1.29, 1.82) is 0 Å². The Balaban J connectivity index is 1.59. The normalized spacial score (nSPS) is 14.2. The summed E-state index contributed by atoms with van der Waals surface area (Å²) >= 11 is 0. The molecule has 1 N–H and O–H groups in total. The van der Waals surface area contributed by atoms with Crippen LogP contribution in [0.5, 0.6) is 17.2 Å². The molecule has 0 saturated heterocycles. The molecule has 1 amide bonds. The molecule has 0 aliphatic carbocycles. The fourth-order valence-corrected chi connectivity index (χ4v) is 2.10. The summed E-state index contributed by atoms with van der Waals surface area (Å²) in [5.74, 6) is 1.45. The average molecular weight is 327 g/mol. The van der Waals surface area contributed by atoms with E-state index < -0.39 is 6.10 Å². The van der Waals surface area contributed by atoms with E-state index in [9.17, 15) is 4.79 Å². The van der Waals surface area contributed by atoms with Gasteiger partial charge in [-0.2, -0.15) is 5.10 Å². The van der Waals surface area contributed by atoms with Gasteiger partial charge in [0.25, 0.3) is 5.91 Å². The minimum Gasteiger partial charge on any atom is -0.481 e. The van der Waals surface area contributed by atoms with E-state index in [0.717, 1.165) is 5.56 Å². The predicted octanol–water partition coefficient (Wildman–Crippen LogP) is 2.12. The third-order valence-corrected chi connectivity index (χ3v) is 3.46. The summed E-state index contributed by atoms with van der Waals surface area (Å²) < 4.78 is 16.1. The lowest BCUT2D eigenvalue weighted by Crippen LogP contribution is -2.33. The zero-order valence-corrected chi connectivity index (χ0v) is 13.4. The molecular formula is C17H17N3O4. The highest BCUT2D eigenvalue weighted by Gasteiger charge is 2.18. The summed E-state index contributed by atoms with van der Waals surface area (Å²) in [6.45, 7) is 3.65. The minimum atomic E-state index is -0.709. The molecule has 1 aliphatic heterocycles. The summed E-state index contributed by atoms with van der Waals surface area (Å²) in [6, 6.07) is 8.80. The fourth-order valence-electron chi connectivity index (χ4n) is 2.10. The molecule has 1 aromatic heterocycles. The van der Waals surface area contributed by atoms with Crippen LogP contribution in [-0.4, -0.2) is 29.5 Å². The van der Waals surface area contributed by atoms with Crippen molar-refractivity contribution in [2.24, 2.45) is 5.10 Å². The molecule has 3 rings (SSSR count). The van der Waals surface area contributed by atoms with Crippen molar-refractivity contribution in [3.8, 4) is 17.2 Å². The van der Waals surface area contributed by atoms with Gasteiger partial charge in [0.2, 0.25) is 6.79 Å². The summed E-state index contributed by atoms with van der Waals surface area (Å²) in [4.78, 5) is 16.0. The molecule has 0 spiro atoms. The van der Waals surface area contributed by atoms with Crippen molar-refractivity contribution in [2.45, 2.75) is 20.0 Å². The SMILES string of the molecule is C/C(=N/NC(=O)[C@@H](C)Oc1ccc2c(c1)OCO2)c1ccncc1. The van der Waals surface area contributed by atoms with Crippen LogP contribution in [0, 0.1) is 0 Å². The Labute approximate surface area is 139 Å². The van der Waals surface area contributed by atoms with Crippen LogP contribution in [0.15, 0.2) is 47.8 Å². The first-order chi connectivity index (χ1) is 11.6. The van der Waals surface area contributed by atoms with E-state index in [2.05, 4.69) is 15.5 Å². The maximum Gasteiger partial charge on any atom is 0.280 e. The largest absolute Gasteiger partial charge is 0.481 e. The molecule has 0 unspecified atom stereocenters. The van der Waals surface area contributed by atoms with E-state index in [1.165, 1.54) is 0 Å². The average Bonchev–Trinajstić information content (AvgIpc) is 3.07. The molecule has 124 valence electrons. The van der Waals surface area contributed by atoms with Crippen LogP contribution in [0.3, 0.4) is 0 Å². The summed E-state index contributed by atoms with van der Waals surface area (Å²) in [7, 11) is 0. The number of hydrogen-bond donors (Lipinski definition) is 1. The lowest BCUT2D eigenvalue weighted by atomic mass is 10.2. The second kappa shape index (κ2) is 6.99. The molecule has 0 radical (unpaired) electrons. The first-order valence-corrected chi connectivity index (χ1v) is 7.44. The molecule has 0 saturated carbocycles. The number of fused-ring (bicyclic) bond motifs is 1. The Morgan fingerprint density at radius 2 is 2.00 bits per heavy atom. The number of carbonyl (C=O) groups excluding carboxylic acids is 1. The highest BCUT2D eigenvalue weighted by Crippen LogP contribution is 2.35. The third kappa shape index (κ3) is 3.62. The van der Waals surface area contributed by atoms with Crippen molar-refractivity contribution in [3.63, 3.8) is 0 Å². The van der Waals surface area contributed by atoms with Crippen LogP contribution in [0.4, 0.5) is 0 Å². The Hall–Kier alpha value is -3.09. The second-order valence-corrected chi connectivity index (χ2v) is 5.18. The van der Waals surface area contributed by atoms with E-state index >= 15 is 0 Å². The summed E-state index contributed by atoms with van der Waals surface area (Å²) in [6.07, 6.45) is 2.63. The van der Waals surface area contributed by atoms with Crippen LogP contribution in [0.25, 0.3) is 0 Å². The second-order valence-electron chi connectivity index (χ2n) is 5.18. The number of benzene rings is 1. The predicted molar refractivity (Wildman–Crippen MR) is 87.2 cm³/mol. The van der Waals surface area contributed by atoms with Gasteiger partial charge in [0.05, 0.1) is 5.71 Å². The maximum atomic E-state index is 12.1. The summed E-state index contributed by atoms with van der Waals surface area (Å²) in [5.41, 5.74) is 4.07. The maximum absolute atomic E-state index is 12.1. The van der Waals surface area contributed by atoms with Gasteiger partial charge in [0, 0.05) is 24.0 Å². The van der Waals surface area contributed by atoms with Gasteiger partial charge in [-0.05, 0) is 38.1 Å². The zero-order valence-electron chi connectivity index (χ0n) is 13.4.